The fourth-order valence-electron chi connectivity index (χ4n) is 1.87. The van der Waals surface area contributed by atoms with Gasteiger partial charge in [0.25, 0.3) is 10.0 Å². The molecule has 0 unspecified atom stereocenters. The van der Waals surface area contributed by atoms with Gasteiger partial charge < -0.3 is 9.26 Å². The first-order valence-corrected chi connectivity index (χ1v) is 7.72. The molecule has 112 valence electrons. The number of hydrogen-bond donors (Lipinski definition) is 1. The van der Waals surface area contributed by atoms with Crippen LogP contribution in [0.3, 0.4) is 0 Å². The highest BCUT2D eigenvalue weighted by molar-refractivity contribution is 7.92. The molecule has 21 heavy (non-hydrogen) atoms. The van der Waals surface area contributed by atoms with Gasteiger partial charge in [-0.2, -0.15) is 0 Å². The molecule has 1 aromatic carbocycles. The fraction of sp³-hybridized carbons (Fsp3) is 0.214. The summed E-state index contributed by atoms with van der Waals surface area (Å²) >= 11 is 0. The van der Waals surface area contributed by atoms with Crippen molar-refractivity contribution >= 4 is 15.7 Å². The lowest BCUT2D eigenvalue weighted by atomic mass is 10.3. The van der Waals surface area contributed by atoms with E-state index in [9.17, 15) is 8.42 Å². The Morgan fingerprint density at radius 3 is 2.81 bits per heavy atom. The quantitative estimate of drug-likeness (QED) is 0.830. The predicted molar refractivity (Wildman–Crippen MR) is 78.9 cm³/mol. The largest absolute Gasteiger partial charge is 0.489 e. The number of ether oxygens (including phenoxy) is 1. The Morgan fingerprint density at radius 2 is 2.19 bits per heavy atom. The Labute approximate surface area is 123 Å². The topological polar surface area (TPSA) is 81.4 Å². The van der Waals surface area contributed by atoms with Crippen LogP contribution in [-0.4, -0.2) is 20.2 Å². The molecule has 1 heterocycles. The summed E-state index contributed by atoms with van der Waals surface area (Å²) in [6, 6.07) is 6.66. The third-order valence-corrected chi connectivity index (χ3v) is 4.32. The summed E-state index contributed by atoms with van der Waals surface area (Å²) in [7, 11) is -3.75. The molecule has 2 aromatic rings. The molecule has 0 aliphatic rings. The molecule has 1 aromatic heterocycles. The highest BCUT2D eigenvalue weighted by Gasteiger charge is 2.24. The lowest BCUT2D eigenvalue weighted by molar-refractivity contribution is 0.363. The van der Waals surface area contributed by atoms with E-state index in [1.54, 1.807) is 44.2 Å². The summed E-state index contributed by atoms with van der Waals surface area (Å²) in [6.45, 7) is 7.04. The van der Waals surface area contributed by atoms with Crippen LogP contribution in [0.25, 0.3) is 0 Å². The Bertz CT molecular complexity index is 731. The van der Waals surface area contributed by atoms with Crippen molar-refractivity contribution in [2.24, 2.45) is 0 Å². The van der Waals surface area contributed by atoms with Gasteiger partial charge in [-0.1, -0.05) is 23.9 Å². The molecule has 0 fully saturated rings. The maximum atomic E-state index is 12.4. The van der Waals surface area contributed by atoms with E-state index in [1.165, 1.54) is 0 Å². The van der Waals surface area contributed by atoms with Crippen molar-refractivity contribution < 1.29 is 17.7 Å². The van der Waals surface area contributed by atoms with Crippen LogP contribution >= 0.6 is 0 Å². The summed E-state index contributed by atoms with van der Waals surface area (Å²) < 4.78 is 37.5. The van der Waals surface area contributed by atoms with E-state index in [0.29, 0.717) is 23.7 Å². The Balaban J connectivity index is 2.27. The van der Waals surface area contributed by atoms with Crippen LogP contribution in [0.2, 0.25) is 0 Å². The molecular weight excluding hydrogens is 292 g/mol. The number of nitrogens with one attached hydrogen (secondary N) is 1. The van der Waals surface area contributed by atoms with Gasteiger partial charge in [0.15, 0.2) is 10.7 Å². The lowest BCUT2D eigenvalue weighted by Gasteiger charge is -2.09. The van der Waals surface area contributed by atoms with Crippen molar-refractivity contribution in [3.63, 3.8) is 0 Å². The average molecular weight is 308 g/mol. The zero-order chi connectivity index (χ0) is 15.5. The van der Waals surface area contributed by atoms with E-state index in [0.717, 1.165) is 0 Å². The van der Waals surface area contributed by atoms with Crippen molar-refractivity contribution in [2.75, 3.05) is 11.3 Å². The van der Waals surface area contributed by atoms with Crippen molar-refractivity contribution in [3.05, 3.63) is 48.4 Å². The van der Waals surface area contributed by atoms with E-state index < -0.39 is 10.0 Å². The Morgan fingerprint density at radius 1 is 1.43 bits per heavy atom. The van der Waals surface area contributed by atoms with Crippen molar-refractivity contribution in [3.8, 4) is 5.75 Å². The molecule has 1 N–H and O–H groups in total. The zero-order valence-corrected chi connectivity index (χ0v) is 12.6. The SMILES string of the molecule is C=CCOc1cccc(NS(=O)(=O)c2c(C)noc2C)c1. The summed E-state index contributed by atoms with van der Waals surface area (Å²) in [5.74, 6) is 0.799. The van der Waals surface area contributed by atoms with Gasteiger partial charge in [-0.15, -0.1) is 0 Å². The molecule has 0 radical (unpaired) electrons. The van der Waals surface area contributed by atoms with Gasteiger partial charge in [0.1, 0.15) is 18.1 Å². The molecule has 0 amide bonds. The molecule has 0 saturated carbocycles. The average Bonchev–Trinajstić information content (AvgIpc) is 2.76. The minimum atomic E-state index is -3.75. The minimum Gasteiger partial charge on any atom is -0.489 e. The highest BCUT2D eigenvalue weighted by atomic mass is 32.2. The highest BCUT2D eigenvalue weighted by Crippen LogP contribution is 2.24. The molecule has 0 aliphatic heterocycles. The summed E-state index contributed by atoms with van der Waals surface area (Å²) in [5, 5.41) is 3.65. The zero-order valence-electron chi connectivity index (χ0n) is 11.8. The molecular formula is C14H16N2O4S. The van der Waals surface area contributed by atoms with E-state index in [1.807, 2.05) is 0 Å². The van der Waals surface area contributed by atoms with Gasteiger partial charge >= 0.3 is 0 Å². The number of aromatic nitrogens is 1. The molecule has 0 atom stereocenters. The van der Waals surface area contributed by atoms with E-state index >= 15 is 0 Å². The van der Waals surface area contributed by atoms with E-state index in [2.05, 4.69) is 16.5 Å². The number of nitrogens with zero attached hydrogens (tertiary/aromatic N) is 1. The van der Waals surface area contributed by atoms with Crippen LogP contribution in [0.4, 0.5) is 5.69 Å². The van der Waals surface area contributed by atoms with Crippen LogP contribution in [0, 0.1) is 13.8 Å². The standard InChI is InChI=1S/C14H16N2O4S/c1-4-8-19-13-7-5-6-12(9-13)16-21(17,18)14-10(2)15-20-11(14)3/h4-7,9,16H,1,8H2,2-3H3. The van der Waals surface area contributed by atoms with Crippen LogP contribution in [-0.2, 0) is 10.0 Å². The predicted octanol–water partition coefficient (Wildman–Crippen LogP) is 2.66. The van der Waals surface area contributed by atoms with Crippen LogP contribution in [0.15, 0.2) is 46.3 Å². The smallest absolute Gasteiger partial charge is 0.267 e. The van der Waals surface area contributed by atoms with Crippen LogP contribution in [0.1, 0.15) is 11.5 Å². The van der Waals surface area contributed by atoms with Crippen molar-refractivity contribution in [1.29, 1.82) is 0 Å². The molecule has 0 aliphatic carbocycles. The first-order valence-electron chi connectivity index (χ1n) is 6.23. The second-order valence-corrected chi connectivity index (χ2v) is 6.01. The van der Waals surface area contributed by atoms with Crippen molar-refractivity contribution in [2.45, 2.75) is 18.7 Å². The Kier molecular flexibility index (Phi) is 4.32. The third kappa shape index (κ3) is 3.43. The van der Waals surface area contributed by atoms with Crippen LogP contribution < -0.4 is 9.46 Å². The number of hydrogen-bond acceptors (Lipinski definition) is 5. The first-order chi connectivity index (χ1) is 9.94. The van der Waals surface area contributed by atoms with Gasteiger partial charge in [0.2, 0.25) is 0 Å². The molecule has 0 saturated heterocycles. The van der Waals surface area contributed by atoms with Gasteiger partial charge in [-0.3, -0.25) is 4.72 Å². The molecule has 0 spiro atoms. The minimum absolute atomic E-state index is 0.0555. The number of anilines is 1. The van der Waals surface area contributed by atoms with Gasteiger partial charge in [-0.05, 0) is 26.0 Å². The number of benzene rings is 1. The molecule has 7 heteroatoms. The number of aryl methyl sites for hydroxylation is 2. The van der Waals surface area contributed by atoms with Gasteiger partial charge in [0.05, 0.1) is 5.69 Å². The summed E-state index contributed by atoms with van der Waals surface area (Å²) in [5.41, 5.74) is 0.718. The van der Waals surface area contributed by atoms with Crippen molar-refractivity contribution in [1.82, 2.24) is 5.16 Å². The first kappa shape index (κ1) is 15.1. The summed E-state index contributed by atoms with van der Waals surface area (Å²) in [4.78, 5) is 0.0555. The monoisotopic (exact) mass is 308 g/mol. The molecule has 0 bridgehead atoms. The maximum Gasteiger partial charge on any atom is 0.267 e. The Hall–Kier alpha value is -2.28. The maximum absolute atomic E-state index is 12.4. The van der Waals surface area contributed by atoms with Crippen LogP contribution in [0.5, 0.6) is 5.75 Å². The normalized spacial score (nSPS) is 11.1. The fourth-order valence-corrected chi connectivity index (χ4v) is 3.25. The second-order valence-electron chi connectivity index (χ2n) is 4.39. The van der Waals surface area contributed by atoms with E-state index in [-0.39, 0.29) is 10.7 Å². The number of rotatable bonds is 6. The van der Waals surface area contributed by atoms with E-state index in [4.69, 9.17) is 9.26 Å². The molecule has 6 nitrogen and oxygen atoms in total. The van der Waals surface area contributed by atoms with Gasteiger partial charge in [0, 0.05) is 6.07 Å². The van der Waals surface area contributed by atoms with Gasteiger partial charge in [-0.25, -0.2) is 8.42 Å². The third-order valence-electron chi connectivity index (χ3n) is 2.69. The second kappa shape index (κ2) is 6.01. The molecule has 2 rings (SSSR count). The number of sulfonamides is 1. The summed E-state index contributed by atoms with van der Waals surface area (Å²) in [6.07, 6.45) is 1.61. The lowest BCUT2D eigenvalue weighted by Crippen LogP contribution is -2.14.